The number of aromatic nitrogens is 2. The van der Waals surface area contributed by atoms with Crippen molar-refractivity contribution in [2.75, 3.05) is 13.2 Å². The molecular weight excluding hydrogens is 396 g/mol. The van der Waals surface area contributed by atoms with Gasteiger partial charge in [0.2, 0.25) is 5.91 Å². The molecule has 2 N–H and O–H groups in total. The SMILES string of the molecule is Cn1c(=O)n(CC(=O)NCCc2ccc(OCC(=O)NC3CC3)cc2)c2ccccc21. The van der Waals surface area contributed by atoms with Crippen LogP contribution in [0.5, 0.6) is 5.75 Å². The second-order valence-corrected chi connectivity index (χ2v) is 7.79. The van der Waals surface area contributed by atoms with Crippen LogP contribution >= 0.6 is 0 Å². The van der Waals surface area contributed by atoms with Gasteiger partial charge in [-0.1, -0.05) is 24.3 Å². The van der Waals surface area contributed by atoms with Crippen LogP contribution in [0.4, 0.5) is 0 Å². The quantitative estimate of drug-likeness (QED) is 0.544. The predicted octanol–water partition coefficient (Wildman–Crippen LogP) is 1.36. The molecule has 1 aliphatic rings. The summed E-state index contributed by atoms with van der Waals surface area (Å²) in [7, 11) is 1.70. The number of aryl methyl sites for hydroxylation is 1. The van der Waals surface area contributed by atoms with Crippen LogP contribution in [0.15, 0.2) is 53.3 Å². The maximum Gasteiger partial charge on any atom is 0.329 e. The van der Waals surface area contributed by atoms with Crippen molar-refractivity contribution in [1.29, 1.82) is 0 Å². The minimum atomic E-state index is -0.210. The first-order chi connectivity index (χ1) is 15.0. The number of ether oxygens (including phenoxy) is 1. The third kappa shape index (κ3) is 5.14. The number of nitrogens with one attached hydrogen (secondary N) is 2. The van der Waals surface area contributed by atoms with E-state index in [1.807, 2.05) is 48.5 Å². The van der Waals surface area contributed by atoms with Crippen LogP contribution in [-0.4, -0.2) is 40.1 Å². The Balaban J connectivity index is 1.24. The van der Waals surface area contributed by atoms with Crippen molar-refractivity contribution in [3.63, 3.8) is 0 Å². The molecule has 1 aliphatic carbocycles. The molecule has 0 atom stereocenters. The Bertz CT molecular complexity index is 1140. The number of rotatable bonds is 9. The number of benzene rings is 2. The molecule has 3 aromatic rings. The fraction of sp³-hybridized carbons (Fsp3) is 0.348. The van der Waals surface area contributed by atoms with Gasteiger partial charge >= 0.3 is 5.69 Å². The van der Waals surface area contributed by atoms with Gasteiger partial charge in [0.25, 0.3) is 5.91 Å². The third-order valence-corrected chi connectivity index (χ3v) is 5.33. The van der Waals surface area contributed by atoms with Gasteiger partial charge in [-0.05, 0) is 49.1 Å². The zero-order valence-electron chi connectivity index (χ0n) is 17.5. The van der Waals surface area contributed by atoms with Gasteiger partial charge in [-0.3, -0.25) is 18.7 Å². The Morgan fingerprint density at radius 1 is 1.03 bits per heavy atom. The highest BCUT2D eigenvalue weighted by molar-refractivity contribution is 5.81. The summed E-state index contributed by atoms with van der Waals surface area (Å²) >= 11 is 0. The normalized spacial score (nSPS) is 13.2. The van der Waals surface area contributed by atoms with Crippen LogP contribution in [-0.2, 0) is 29.6 Å². The van der Waals surface area contributed by atoms with E-state index in [-0.39, 0.29) is 30.7 Å². The van der Waals surface area contributed by atoms with Gasteiger partial charge in [-0.2, -0.15) is 0 Å². The van der Waals surface area contributed by atoms with Gasteiger partial charge in [0.05, 0.1) is 11.0 Å². The highest BCUT2D eigenvalue weighted by Gasteiger charge is 2.23. The summed E-state index contributed by atoms with van der Waals surface area (Å²) < 4.78 is 8.52. The molecule has 8 heteroatoms. The van der Waals surface area contributed by atoms with E-state index >= 15 is 0 Å². The lowest BCUT2D eigenvalue weighted by Gasteiger charge is -2.09. The molecule has 4 rings (SSSR count). The van der Waals surface area contributed by atoms with Gasteiger partial charge in [0, 0.05) is 19.6 Å². The van der Waals surface area contributed by atoms with E-state index in [1.54, 1.807) is 11.6 Å². The van der Waals surface area contributed by atoms with Crippen molar-refractivity contribution >= 4 is 22.8 Å². The van der Waals surface area contributed by atoms with Crippen LogP contribution in [0.3, 0.4) is 0 Å². The molecule has 1 heterocycles. The molecule has 0 aliphatic heterocycles. The van der Waals surface area contributed by atoms with Gasteiger partial charge in [-0.15, -0.1) is 0 Å². The molecule has 0 saturated heterocycles. The number of imidazole rings is 1. The topological polar surface area (TPSA) is 94.4 Å². The van der Waals surface area contributed by atoms with Crippen molar-refractivity contribution in [1.82, 2.24) is 19.8 Å². The van der Waals surface area contributed by atoms with E-state index in [9.17, 15) is 14.4 Å². The highest BCUT2D eigenvalue weighted by atomic mass is 16.5. The summed E-state index contributed by atoms with van der Waals surface area (Å²) in [5, 5.41) is 5.75. The molecule has 2 amide bonds. The zero-order chi connectivity index (χ0) is 21.8. The Morgan fingerprint density at radius 2 is 1.74 bits per heavy atom. The van der Waals surface area contributed by atoms with E-state index in [4.69, 9.17) is 4.74 Å². The number of carbonyl (C=O) groups excluding carboxylic acids is 2. The van der Waals surface area contributed by atoms with Crippen molar-refractivity contribution < 1.29 is 14.3 Å². The van der Waals surface area contributed by atoms with Crippen LogP contribution in [0, 0.1) is 0 Å². The van der Waals surface area contributed by atoms with Gasteiger partial charge in [0.15, 0.2) is 6.61 Å². The standard InChI is InChI=1S/C23H26N4O4/c1-26-19-4-2-3-5-20(19)27(23(26)30)14-21(28)24-13-12-16-6-10-18(11-7-16)31-15-22(29)25-17-8-9-17/h2-7,10-11,17H,8-9,12-15H2,1H3,(H,24,28)(H,25,29). The fourth-order valence-electron chi connectivity index (χ4n) is 3.46. The minimum Gasteiger partial charge on any atom is -0.484 e. The van der Waals surface area contributed by atoms with Gasteiger partial charge in [-0.25, -0.2) is 4.79 Å². The molecule has 162 valence electrons. The molecule has 0 radical (unpaired) electrons. The molecule has 8 nitrogen and oxygen atoms in total. The van der Waals surface area contributed by atoms with Crippen LogP contribution in [0.1, 0.15) is 18.4 Å². The second-order valence-electron chi connectivity index (χ2n) is 7.79. The summed E-state index contributed by atoms with van der Waals surface area (Å²) in [6, 6.07) is 15.2. The molecule has 0 bridgehead atoms. The summed E-state index contributed by atoms with van der Waals surface area (Å²) in [6.45, 7) is 0.456. The summed E-state index contributed by atoms with van der Waals surface area (Å²) in [5.41, 5.74) is 2.37. The number of carbonyl (C=O) groups is 2. The smallest absolute Gasteiger partial charge is 0.329 e. The summed E-state index contributed by atoms with van der Waals surface area (Å²) in [5.74, 6) is 0.328. The molecule has 0 unspecified atom stereocenters. The first kappa shape index (κ1) is 20.7. The number of amides is 2. The van der Waals surface area contributed by atoms with Crippen LogP contribution in [0.25, 0.3) is 11.0 Å². The molecule has 1 fully saturated rings. The Hall–Kier alpha value is -3.55. The van der Waals surface area contributed by atoms with Crippen molar-refractivity contribution in [3.8, 4) is 5.75 Å². The summed E-state index contributed by atoms with van der Waals surface area (Å²) in [4.78, 5) is 36.4. The minimum absolute atomic E-state index is 0.0133. The molecular formula is C23H26N4O4. The second kappa shape index (κ2) is 9.07. The predicted molar refractivity (Wildman–Crippen MR) is 117 cm³/mol. The van der Waals surface area contributed by atoms with Crippen molar-refractivity contribution in [2.45, 2.75) is 31.8 Å². The Kier molecular flexibility index (Phi) is 6.06. The maximum atomic E-state index is 12.4. The largest absolute Gasteiger partial charge is 0.484 e. The van der Waals surface area contributed by atoms with E-state index in [0.29, 0.717) is 24.8 Å². The Labute approximate surface area is 179 Å². The first-order valence-corrected chi connectivity index (χ1v) is 10.4. The van der Waals surface area contributed by atoms with E-state index in [0.717, 1.165) is 29.4 Å². The van der Waals surface area contributed by atoms with Gasteiger partial charge < -0.3 is 15.4 Å². The third-order valence-electron chi connectivity index (χ3n) is 5.33. The van der Waals surface area contributed by atoms with Crippen LogP contribution < -0.4 is 21.1 Å². The maximum absolute atomic E-state index is 12.4. The average molecular weight is 422 g/mol. The number of nitrogens with zero attached hydrogens (tertiary/aromatic N) is 2. The van der Waals surface area contributed by atoms with E-state index < -0.39 is 0 Å². The van der Waals surface area contributed by atoms with E-state index in [1.165, 1.54) is 4.57 Å². The lowest BCUT2D eigenvalue weighted by atomic mass is 10.1. The number of para-hydroxylation sites is 2. The Morgan fingerprint density at radius 3 is 2.45 bits per heavy atom. The lowest BCUT2D eigenvalue weighted by Crippen LogP contribution is -2.33. The van der Waals surface area contributed by atoms with Gasteiger partial charge in [0.1, 0.15) is 12.3 Å². The molecule has 2 aromatic carbocycles. The van der Waals surface area contributed by atoms with Crippen molar-refractivity contribution in [2.24, 2.45) is 7.05 Å². The number of hydrogen-bond acceptors (Lipinski definition) is 4. The zero-order valence-corrected chi connectivity index (χ0v) is 17.5. The number of hydrogen-bond donors (Lipinski definition) is 2. The molecule has 1 saturated carbocycles. The summed E-state index contributed by atoms with van der Waals surface area (Å²) in [6.07, 6.45) is 2.75. The van der Waals surface area contributed by atoms with Crippen LogP contribution in [0.2, 0.25) is 0 Å². The first-order valence-electron chi connectivity index (χ1n) is 10.4. The average Bonchev–Trinajstić information content (AvgIpc) is 3.56. The molecule has 1 aromatic heterocycles. The monoisotopic (exact) mass is 422 g/mol. The molecule has 0 spiro atoms. The van der Waals surface area contributed by atoms with E-state index in [2.05, 4.69) is 10.6 Å². The highest BCUT2D eigenvalue weighted by Crippen LogP contribution is 2.18. The fourth-order valence-corrected chi connectivity index (χ4v) is 3.46. The number of fused-ring (bicyclic) bond motifs is 1. The lowest BCUT2D eigenvalue weighted by molar-refractivity contribution is -0.123. The molecule has 31 heavy (non-hydrogen) atoms. The van der Waals surface area contributed by atoms with Crippen molar-refractivity contribution in [3.05, 3.63) is 64.6 Å².